The molecule has 0 aliphatic heterocycles. The van der Waals surface area contributed by atoms with Crippen LogP contribution in [0.4, 0.5) is 16.2 Å². The van der Waals surface area contributed by atoms with Gasteiger partial charge in [-0.1, -0.05) is 0 Å². The molecule has 8 heteroatoms. The Labute approximate surface area is 149 Å². The van der Waals surface area contributed by atoms with E-state index in [0.717, 1.165) is 16.7 Å². The Morgan fingerprint density at radius 1 is 0.960 bits per heavy atom. The van der Waals surface area contributed by atoms with Crippen LogP contribution in [-0.4, -0.2) is 27.4 Å². The van der Waals surface area contributed by atoms with Crippen LogP contribution in [0, 0.1) is 10.7 Å². The number of thioether (sulfide) groups is 1. The normalized spacial score (nSPS) is 9.68. The van der Waals surface area contributed by atoms with Gasteiger partial charge >= 0.3 is 6.03 Å². The second kappa shape index (κ2) is 8.70. The summed E-state index contributed by atoms with van der Waals surface area (Å²) in [6.07, 6.45) is 0. The van der Waals surface area contributed by atoms with E-state index < -0.39 is 6.03 Å². The molecular weight excluding hydrogens is 342 g/mol. The maximum absolute atomic E-state index is 12.2. The maximum Gasteiger partial charge on any atom is 0.323 e. The van der Waals surface area contributed by atoms with Gasteiger partial charge in [0.25, 0.3) is 0 Å². The largest absolute Gasteiger partial charge is 0.493 e. The minimum Gasteiger partial charge on any atom is -0.493 e. The summed E-state index contributed by atoms with van der Waals surface area (Å²) >= 11 is 1.05. The van der Waals surface area contributed by atoms with E-state index in [0.29, 0.717) is 28.6 Å². The molecule has 2 rings (SSSR count). The van der Waals surface area contributed by atoms with Crippen LogP contribution in [0.3, 0.4) is 0 Å². The van der Waals surface area contributed by atoms with Crippen LogP contribution in [0.25, 0.3) is 0 Å². The van der Waals surface area contributed by atoms with E-state index in [-0.39, 0.29) is 0 Å². The highest BCUT2D eigenvalue weighted by molar-refractivity contribution is 8.03. The summed E-state index contributed by atoms with van der Waals surface area (Å²) in [6.45, 7) is 0. The van der Waals surface area contributed by atoms with Crippen molar-refractivity contribution in [2.75, 3.05) is 32.0 Å². The number of benzene rings is 2. The van der Waals surface area contributed by atoms with Crippen LogP contribution < -0.4 is 24.8 Å². The van der Waals surface area contributed by atoms with Gasteiger partial charge in [-0.2, -0.15) is 5.26 Å². The van der Waals surface area contributed by atoms with Crippen molar-refractivity contribution in [1.29, 1.82) is 5.26 Å². The van der Waals surface area contributed by atoms with Crippen molar-refractivity contribution in [3.8, 4) is 22.6 Å². The molecule has 0 atom stereocenters. The van der Waals surface area contributed by atoms with Crippen molar-refractivity contribution in [2.24, 2.45) is 0 Å². The summed E-state index contributed by atoms with van der Waals surface area (Å²) in [5.41, 5.74) is 1.09. The minimum absolute atomic E-state index is 0.421. The van der Waals surface area contributed by atoms with Crippen molar-refractivity contribution in [3.63, 3.8) is 0 Å². The van der Waals surface area contributed by atoms with E-state index in [1.807, 2.05) is 5.40 Å². The zero-order valence-electron chi connectivity index (χ0n) is 14.0. The third-order valence-electron chi connectivity index (χ3n) is 3.20. The minimum atomic E-state index is -0.421. The SMILES string of the molecule is COc1cc(NC(=O)Nc2ccc(SC#N)cc2)cc(OC)c1OC. The highest BCUT2D eigenvalue weighted by atomic mass is 32.2. The van der Waals surface area contributed by atoms with Crippen molar-refractivity contribution in [2.45, 2.75) is 4.90 Å². The van der Waals surface area contributed by atoms with Gasteiger partial charge in [0, 0.05) is 22.7 Å². The fourth-order valence-corrected chi connectivity index (χ4v) is 2.48. The first-order valence-electron chi connectivity index (χ1n) is 7.15. The summed E-state index contributed by atoms with van der Waals surface area (Å²) in [6, 6.07) is 9.78. The summed E-state index contributed by atoms with van der Waals surface area (Å²) in [7, 11) is 4.51. The molecule has 0 aromatic heterocycles. The summed E-state index contributed by atoms with van der Waals surface area (Å²) in [4.78, 5) is 13.0. The fraction of sp³-hybridized carbons (Fsp3) is 0.176. The molecule has 2 N–H and O–H groups in total. The first kappa shape index (κ1) is 18.3. The molecule has 0 saturated heterocycles. The lowest BCUT2D eigenvalue weighted by atomic mass is 10.2. The molecule has 0 heterocycles. The van der Waals surface area contributed by atoms with E-state index in [2.05, 4.69) is 10.6 Å². The molecule has 2 amide bonds. The van der Waals surface area contributed by atoms with Gasteiger partial charge in [-0.25, -0.2) is 4.79 Å². The van der Waals surface area contributed by atoms with E-state index in [1.54, 1.807) is 36.4 Å². The van der Waals surface area contributed by atoms with Gasteiger partial charge in [0.15, 0.2) is 11.5 Å². The number of hydrogen-bond donors (Lipinski definition) is 2. The van der Waals surface area contributed by atoms with Crippen molar-refractivity contribution in [1.82, 2.24) is 0 Å². The molecule has 0 bridgehead atoms. The number of carbonyl (C=O) groups excluding carboxylic acids is 1. The number of ether oxygens (including phenoxy) is 3. The molecule has 0 spiro atoms. The first-order valence-corrected chi connectivity index (χ1v) is 7.97. The molecule has 130 valence electrons. The summed E-state index contributed by atoms with van der Waals surface area (Å²) in [5.74, 6) is 1.33. The Kier molecular flexibility index (Phi) is 6.37. The monoisotopic (exact) mass is 359 g/mol. The highest BCUT2D eigenvalue weighted by Gasteiger charge is 2.14. The number of rotatable bonds is 6. The van der Waals surface area contributed by atoms with Gasteiger partial charge in [0.1, 0.15) is 5.40 Å². The number of hydrogen-bond acceptors (Lipinski definition) is 6. The quantitative estimate of drug-likeness (QED) is 0.600. The Balaban J connectivity index is 2.11. The molecule has 0 radical (unpaired) electrons. The average Bonchev–Trinajstić information content (AvgIpc) is 2.62. The van der Waals surface area contributed by atoms with Crippen LogP contribution in [0.5, 0.6) is 17.2 Å². The number of nitrogens with zero attached hydrogens (tertiary/aromatic N) is 1. The Hall–Kier alpha value is -3.05. The van der Waals surface area contributed by atoms with Crippen LogP contribution in [0.1, 0.15) is 0 Å². The number of methoxy groups -OCH3 is 3. The van der Waals surface area contributed by atoms with E-state index in [1.165, 1.54) is 21.3 Å². The lowest BCUT2D eigenvalue weighted by molar-refractivity contribution is 0.262. The molecule has 0 unspecified atom stereocenters. The third-order valence-corrected chi connectivity index (χ3v) is 3.80. The molecule has 0 saturated carbocycles. The van der Waals surface area contributed by atoms with Crippen LogP contribution in [0.15, 0.2) is 41.3 Å². The number of urea groups is 1. The second-order valence-electron chi connectivity index (χ2n) is 4.71. The zero-order chi connectivity index (χ0) is 18.2. The van der Waals surface area contributed by atoms with E-state index >= 15 is 0 Å². The molecule has 0 aliphatic rings. The topological polar surface area (TPSA) is 92.6 Å². The Morgan fingerprint density at radius 2 is 1.52 bits per heavy atom. The number of amides is 2. The van der Waals surface area contributed by atoms with Crippen molar-refractivity contribution in [3.05, 3.63) is 36.4 Å². The van der Waals surface area contributed by atoms with Gasteiger partial charge in [0.05, 0.1) is 27.0 Å². The maximum atomic E-state index is 12.2. The third kappa shape index (κ3) is 4.71. The summed E-state index contributed by atoms with van der Waals surface area (Å²) < 4.78 is 15.7. The van der Waals surface area contributed by atoms with Gasteiger partial charge < -0.3 is 24.8 Å². The van der Waals surface area contributed by atoms with Gasteiger partial charge in [-0.05, 0) is 36.0 Å². The molecule has 0 fully saturated rings. The molecule has 0 aliphatic carbocycles. The molecule has 7 nitrogen and oxygen atoms in total. The standard InChI is InChI=1S/C17H17N3O4S/c1-22-14-8-12(9-15(23-2)16(14)24-3)20-17(21)19-11-4-6-13(7-5-11)25-10-18/h4-9H,1-3H3,(H2,19,20,21). The van der Waals surface area contributed by atoms with E-state index in [4.69, 9.17) is 19.5 Å². The Morgan fingerprint density at radius 3 is 2.00 bits per heavy atom. The Bertz CT molecular complexity index is 762. The molecular formula is C17H17N3O4S. The fourth-order valence-electron chi connectivity index (χ4n) is 2.11. The average molecular weight is 359 g/mol. The molecule has 2 aromatic rings. The van der Waals surface area contributed by atoms with Crippen molar-refractivity contribution < 1.29 is 19.0 Å². The van der Waals surface area contributed by atoms with Crippen LogP contribution in [-0.2, 0) is 0 Å². The lowest BCUT2D eigenvalue weighted by Gasteiger charge is -2.15. The zero-order valence-corrected chi connectivity index (χ0v) is 14.8. The number of nitriles is 1. The van der Waals surface area contributed by atoms with Gasteiger partial charge in [0.2, 0.25) is 5.75 Å². The smallest absolute Gasteiger partial charge is 0.323 e. The number of nitrogens with one attached hydrogen (secondary N) is 2. The van der Waals surface area contributed by atoms with Gasteiger partial charge in [-0.15, -0.1) is 0 Å². The van der Waals surface area contributed by atoms with Crippen molar-refractivity contribution >= 4 is 29.2 Å². The first-order chi connectivity index (χ1) is 12.1. The molecule has 25 heavy (non-hydrogen) atoms. The summed E-state index contributed by atoms with van der Waals surface area (Å²) in [5, 5.41) is 16.0. The van der Waals surface area contributed by atoms with E-state index in [9.17, 15) is 4.79 Å². The lowest BCUT2D eigenvalue weighted by Crippen LogP contribution is -2.19. The van der Waals surface area contributed by atoms with Crippen LogP contribution >= 0.6 is 11.8 Å². The predicted molar refractivity (Wildman–Crippen MR) is 96.7 cm³/mol. The highest BCUT2D eigenvalue weighted by Crippen LogP contribution is 2.39. The van der Waals surface area contributed by atoms with Crippen LogP contribution in [0.2, 0.25) is 0 Å². The predicted octanol–water partition coefficient (Wildman–Crippen LogP) is 3.93. The second-order valence-corrected chi connectivity index (χ2v) is 5.57. The number of anilines is 2. The number of carbonyl (C=O) groups is 1. The molecule has 2 aromatic carbocycles. The van der Waals surface area contributed by atoms with Gasteiger partial charge in [-0.3, -0.25) is 0 Å². The number of thiocyanates is 1.